The Morgan fingerprint density at radius 1 is 1.45 bits per heavy atom. The Kier molecular flexibility index (Phi) is 4.72. The Hall–Kier alpha value is -1.48. The molecular weight excluding hydrogens is 290 g/mol. The molecule has 3 heterocycles. The number of nitrogens with one attached hydrogen (secondary N) is 1. The molecule has 22 heavy (non-hydrogen) atoms. The van der Waals surface area contributed by atoms with E-state index in [1.54, 1.807) is 12.3 Å². The summed E-state index contributed by atoms with van der Waals surface area (Å²) in [6.45, 7) is 1.21. The molecule has 3 N–H and O–H groups in total. The largest absolute Gasteiger partial charge is 0.394 e. The fraction of sp³-hybridized carbons (Fsp3) is 0.714. The van der Waals surface area contributed by atoms with Crippen LogP contribution in [0, 0.1) is 0 Å². The summed E-state index contributed by atoms with van der Waals surface area (Å²) in [5, 5.41) is 22.1. The van der Waals surface area contributed by atoms with Gasteiger partial charge in [0.15, 0.2) is 6.23 Å². The van der Waals surface area contributed by atoms with Crippen LogP contribution < -0.4 is 11.0 Å². The Labute approximate surface area is 127 Å². The summed E-state index contributed by atoms with van der Waals surface area (Å²) in [5.74, 6) is 0.475. The van der Waals surface area contributed by atoms with Gasteiger partial charge in [0.25, 0.3) is 0 Å². The summed E-state index contributed by atoms with van der Waals surface area (Å²) in [6.07, 6.45) is 1.98. The van der Waals surface area contributed by atoms with Gasteiger partial charge in [0.1, 0.15) is 11.9 Å². The van der Waals surface area contributed by atoms with Crippen LogP contribution in [0.5, 0.6) is 0 Å². The highest BCUT2D eigenvalue weighted by molar-refractivity contribution is 5.32. The van der Waals surface area contributed by atoms with Crippen LogP contribution in [-0.4, -0.2) is 57.8 Å². The minimum atomic E-state index is -0.831. The second kappa shape index (κ2) is 6.74. The molecule has 0 spiro atoms. The van der Waals surface area contributed by atoms with Crippen molar-refractivity contribution in [3.63, 3.8) is 0 Å². The Bertz CT molecular complexity index is 558. The minimum Gasteiger partial charge on any atom is -0.394 e. The fourth-order valence-electron chi connectivity index (χ4n) is 2.83. The van der Waals surface area contributed by atoms with Gasteiger partial charge in [-0.1, -0.05) is 0 Å². The average Bonchev–Trinajstić information content (AvgIpc) is 3.15. The van der Waals surface area contributed by atoms with Gasteiger partial charge in [0, 0.05) is 25.8 Å². The molecule has 8 nitrogen and oxygen atoms in total. The molecule has 0 saturated carbocycles. The van der Waals surface area contributed by atoms with E-state index in [0.717, 1.165) is 19.4 Å². The topological polar surface area (TPSA) is 106 Å². The van der Waals surface area contributed by atoms with E-state index in [2.05, 4.69) is 10.3 Å². The third-order valence-electron chi connectivity index (χ3n) is 4.01. The van der Waals surface area contributed by atoms with E-state index in [1.807, 2.05) is 0 Å². The quantitative estimate of drug-likeness (QED) is 0.671. The van der Waals surface area contributed by atoms with Gasteiger partial charge < -0.3 is 25.0 Å². The van der Waals surface area contributed by atoms with Crippen molar-refractivity contribution in [1.29, 1.82) is 0 Å². The first-order valence-corrected chi connectivity index (χ1v) is 7.56. The van der Waals surface area contributed by atoms with Gasteiger partial charge in [-0.25, -0.2) is 4.79 Å². The monoisotopic (exact) mass is 311 g/mol. The predicted octanol–water partition coefficient (Wildman–Crippen LogP) is -0.525. The van der Waals surface area contributed by atoms with Crippen molar-refractivity contribution in [3.8, 4) is 0 Å². The summed E-state index contributed by atoms with van der Waals surface area (Å²) in [7, 11) is 0. The van der Waals surface area contributed by atoms with Crippen LogP contribution in [0.1, 0.15) is 25.5 Å². The second-order valence-electron chi connectivity index (χ2n) is 5.65. The van der Waals surface area contributed by atoms with Crippen molar-refractivity contribution in [1.82, 2.24) is 9.55 Å². The molecule has 2 aliphatic rings. The molecule has 0 amide bonds. The molecule has 0 radical (unpaired) electrons. The van der Waals surface area contributed by atoms with Crippen LogP contribution >= 0.6 is 0 Å². The number of hydrogen-bond donors (Lipinski definition) is 3. The molecule has 1 aromatic rings. The van der Waals surface area contributed by atoms with E-state index < -0.39 is 24.1 Å². The van der Waals surface area contributed by atoms with Crippen molar-refractivity contribution >= 4 is 5.82 Å². The zero-order valence-corrected chi connectivity index (χ0v) is 12.2. The van der Waals surface area contributed by atoms with Gasteiger partial charge in [-0.2, -0.15) is 4.98 Å². The fourth-order valence-corrected chi connectivity index (χ4v) is 2.83. The molecule has 2 unspecified atom stereocenters. The number of rotatable bonds is 5. The van der Waals surface area contributed by atoms with Gasteiger partial charge in [0.05, 0.1) is 18.8 Å². The van der Waals surface area contributed by atoms with Crippen LogP contribution in [0.15, 0.2) is 17.1 Å². The summed E-state index contributed by atoms with van der Waals surface area (Å²) < 4.78 is 12.2. The number of aliphatic hydroxyl groups excluding tert-OH is 2. The van der Waals surface area contributed by atoms with Gasteiger partial charge in [-0.05, 0) is 18.9 Å². The van der Waals surface area contributed by atoms with Crippen LogP contribution in [0.4, 0.5) is 5.82 Å². The lowest BCUT2D eigenvalue weighted by Crippen LogP contribution is -2.32. The number of hydrogen-bond acceptors (Lipinski definition) is 7. The summed E-state index contributed by atoms with van der Waals surface area (Å²) in [6, 6.07) is 1.67. The Morgan fingerprint density at radius 3 is 2.95 bits per heavy atom. The van der Waals surface area contributed by atoms with Crippen molar-refractivity contribution in [3.05, 3.63) is 22.7 Å². The van der Waals surface area contributed by atoms with E-state index in [1.165, 1.54) is 4.57 Å². The lowest BCUT2D eigenvalue weighted by molar-refractivity contribution is -0.0529. The first-order chi connectivity index (χ1) is 10.7. The molecule has 122 valence electrons. The molecule has 2 saturated heterocycles. The van der Waals surface area contributed by atoms with E-state index in [9.17, 15) is 9.90 Å². The Balaban J connectivity index is 1.65. The normalized spacial score (nSPS) is 31.5. The zero-order valence-electron chi connectivity index (χ0n) is 12.2. The van der Waals surface area contributed by atoms with Gasteiger partial charge >= 0.3 is 5.69 Å². The molecule has 4 atom stereocenters. The highest BCUT2D eigenvalue weighted by Gasteiger charge is 2.35. The summed E-state index contributed by atoms with van der Waals surface area (Å²) >= 11 is 0. The number of anilines is 1. The molecule has 2 aliphatic heterocycles. The molecule has 3 rings (SSSR count). The SMILES string of the molecule is O=c1nc(NCC2CCCO2)ccn1[C@@H]1O[C@H](CO)CC1O. The predicted molar refractivity (Wildman–Crippen MR) is 77.6 cm³/mol. The van der Waals surface area contributed by atoms with Crippen molar-refractivity contribution in [2.45, 2.75) is 43.8 Å². The number of aromatic nitrogens is 2. The molecule has 0 aromatic carbocycles. The van der Waals surface area contributed by atoms with Crippen LogP contribution in [0.2, 0.25) is 0 Å². The maximum atomic E-state index is 12.1. The van der Waals surface area contributed by atoms with Crippen LogP contribution in [-0.2, 0) is 9.47 Å². The lowest BCUT2D eigenvalue weighted by atomic mass is 10.2. The van der Waals surface area contributed by atoms with Crippen LogP contribution in [0.3, 0.4) is 0 Å². The van der Waals surface area contributed by atoms with E-state index in [-0.39, 0.29) is 12.7 Å². The highest BCUT2D eigenvalue weighted by Crippen LogP contribution is 2.27. The highest BCUT2D eigenvalue weighted by atomic mass is 16.5. The van der Waals surface area contributed by atoms with Gasteiger partial charge in [-0.15, -0.1) is 0 Å². The van der Waals surface area contributed by atoms with Crippen LogP contribution in [0.25, 0.3) is 0 Å². The van der Waals surface area contributed by atoms with Crippen molar-refractivity contribution in [2.75, 3.05) is 25.1 Å². The second-order valence-corrected chi connectivity index (χ2v) is 5.65. The molecule has 1 aromatic heterocycles. The molecular formula is C14H21N3O5. The summed E-state index contributed by atoms with van der Waals surface area (Å²) in [4.78, 5) is 16.0. The van der Waals surface area contributed by atoms with E-state index in [0.29, 0.717) is 18.8 Å². The first-order valence-electron chi connectivity index (χ1n) is 7.56. The molecule has 8 heteroatoms. The molecule has 2 fully saturated rings. The lowest BCUT2D eigenvalue weighted by Gasteiger charge is -2.17. The molecule has 0 aliphatic carbocycles. The minimum absolute atomic E-state index is 0.162. The van der Waals surface area contributed by atoms with Gasteiger partial charge in [-0.3, -0.25) is 4.57 Å². The van der Waals surface area contributed by atoms with Crippen molar-refractivity contribution in [2.24, 2.45) is 0 Å². The number of nitrogens with zero attached hydrogens (tertiary/aromatic N) is 2. The molecule has 0 bridgehead atoms. The Morgan fingerprint density at radius 2 is 2.32 bits per heavy atom. The van der Waals surface area contributed by atoms with E-state index >= 15 is 0 Å². The van der Waals surface area contributed by atoms with Gasteiger partial charge in [0.2, 0.25) is 0 Å². The van der Waals surface area contributed by atoms with Crippen molar-refractivity contribution < 1.29 is 19.7 Å². The average molecular weight is 311 g/mol. The first kappa shape index (κ1) is 15.4. The third-order valence-corrected chi connectivity index (χ3v) is 4.01. The summed E-state index contributed by atoms with van der Waals surface area (Å²) in [5.41, 5.74) is -0.500. The maximum Gasteiger partial charge on any atom is 0.351 e. The smallest absolute Gasteiger partial charge is 0.351 e. The maximum absolute atomic E-state index is 12.1. The number of ether oxygens (including phenoxy) is 2. The number of aliphatic hydroxyl groups is 2. The van der Waals surface area contributed by atoms with E-state index in [4.69, 9.17) is 14.6 Å². The third kappa shape index (κ3) is 3.30. The standard InChI is InChI=1S/C14H21N3O5/c18-8-10-6-11(19)13(22-10)17-4-3-12(16-14(17)20)15-7-9-2-1-5-21-9/h3-4,9-11,13,18-19H,1-2,5-8H2,(H,15,16,20)/t9?,10-,11?,13+/m0/s1. The zero-order chi connectivity index (χ0) is 15.5.